The fraction of sp³-hybridized carbons (Fsp3) is 0.462. The number of morpholine rings is 1. The zero-order valence-electron chi connectivity index (χ0n) is 10.8. The molecule has 0 spiro atoms. The van der Waals surface area contributed by atoms with Gasteiger partial charge in [0, 0.05) is 30.9 Å². The zero-order valence-corrected chi connectivity index (χ0v) is 10.8. The molecule has 0 amide bonds. The van der Waals surface area contributed by atoms with Crippen LogP contribution in [0.1, 0.15) is 18.0 Å². The number of halogens is 2. The second kappa shape index (κ2) is 6.15. The third-order valence-corrected chi connectivity index (χ3v) is 3.22. The van der Waals surface area contributed by atoms with Gasteiger partial charge >= 0.3 is 5.97 Å². The van der Waals surface area contributed by atoms with Crippen molar-refractivity contribution in [1.29, 1.82) is 0 Å². The monoisotopic (exact) mass is 286 g/mol. The quantitative estimate of drug-likeness (QED) is 0.872. The maximum Gasteiger partial charge on any atom is 0.305 e. The van der Waals surface area contributed by atoms with Gasteiger partial charge in [-0.2, -0.15) is 0 Å². The van der Waals surface area contributed by atoms with Gasteiger partial charge in [-0.3, -0.25) is 4.79 Å². The number of rotatable bonds is 4. The van der Waals surface area contributed by atoms with E-state index in [1.165, 1.54) is 0 Å². The average molecular weight is 286 g/mol. The van der Waals surface area contributed by atoms with Crippen molar-refractivity contribution in [2.75, 3.05) is 31.2 Å². The molecule has 5 nitrogen and oxygen atoms in total. The van der Waals surface area contributed by atoms with Crippen molar-refractivity contribution in [2.45, 2.75) is 12.5 Å². The Bertz CT molecular complexity index is 505. The number of hydrogen-bond acceptors (Lipinski definition) is 4. The second-order valence-electron chi connectivity index (χ2n) is 4.63. The number of hydrogen-bond donors (Lipinski definition) is 2. The normalized spacial score (nSPS) is 17.1. The maximum absolute atomic E-state index is 13.5. The molecule has 0 radical (unpaired) electrons. The van der Waals surface area contributed by atoms with Crippen LogP contribution < -0.4 is 10.6 Å². The molecule has 1 aliphatic rings. The highest BCUT2D eigenvalue weighted by Crippen LogP contribution is 2.30. The molecule has 0 bridgehead atoms. The topological polar surface area (TPSA) is 75.8 Å². The van der Waals surface area contributed by atoms with Gasteiger partial charge in [-0.1, -0.05) is 0 Å². The molecule has 110 valence electrons. The number of ether oxygens (including phenoxy) is 1. The smallest absolute Gasteiger partial charge is 0.305 e. The summed E-state index contributed by atoms with van der Waals surface area (Å²) < 4.78 is 32.1. The van der Waals surface area contributed by atoms with Crippen LogP contribution in [0, 0.1) is 11.6 Å². The van der Waals surface area contributed by atoms with Crippen molar-refractivity contribution in [1.82, 2.24) is 0 Å². The lowest BCUT2D eigenvalue weighted by Crippen LogP contribution is -2.37. The predicted molar refractivity (Wildman–Crippen MR) is 68.6 cm³/mol. The molecular formula is C13H16F2N2O3. The van der Waals surface area contributed by atoms with Crippen LogP contribution in [0.5, 0.6) is 0 Å². The zero-order chi connectivity index (χ0) is 14.7. The summed E-state index contributed by atoms with van der Waals surface area (Å²) in [6, 6.07) is 1.16. The highest BCUT2D eigenvalue weighted by molar-refractivity contribution is 5.69. The van der Waals surface area contributed by atoms with Crippen molar-refractivity contribution in [3.63, 3.8) is 0 Å². The lowest BCUT2D eigenvalue weighted by Gasteiger charge is -2.31. The Hall–Kier alpha value is -1.73. The summed E-state index contributed by atoms with van der Waals surface area (Å²) in [5, 5.41) is 8.79. The molecule has 1 aromatic rings. The SMILES string of the molecule is NC(CC(=O)O)c1cc(F)c(F)cc1N1CCOCC1. The van der Waals surface area contributed by atoms with E-state index in [1.807, 2.05) is 4.90 Å². The van der Waals surface area contributed by atoms with E-state index in [-0.39, 0.29) is 6.42 Å². The van der Waals surface area contributed by atoms with E-state index in [2.05, 4.69) is 0 Å². The van der Waals surface area contributed by atoms with E-state index in [9.17, 15) is 13.6 Å². The molecule has 1 unspecified atom stereocenters. The molecule has 0 aromatic heterocycles. The van der Waals surface area contributed by atoms with Gasteiger partial charge in [-0.15, -0.1) is 0 Å². The minimum absolute atomic E-state index is 0.299. The van der Waals surface area contributed by atoms with E-state index < -0.39 is 23.6 Å². The van der Waals surface area contributed by atoms with Gasteiger partial charge in [0.1, 0.15) is 0 Å². The first-order valence-electron chi connectivity index (χ1n) is 6.28. The molecule has 3 N–H and O–H groups in total. The molecule has 1 atom stereocenters. The van der Waals surface area contributed by atoms with Crippen molar-refractivity contribution >= 4 is 11.7 Å². The second-order valence-corrected chi connectivity index (χ2v) is 4.63. The van der Waals surface area contributed by atoms with Gasteiger partial charge in [0.15, 0.2) is 11.6 Å². The molecule has 20 heavy (non-hydrogen) atoms. The van der Waals surface area contributed by atoms with Crippen LogP contribution >= 0.6 is 0 Å². The number of benzene rings is 1. The van der Waals surface area contributed by atoms with E-state index in [1.54, 1.807) is 0 Å². The van der Waals surface area contributed by atoms with Crippen molar-refractivity contribution in [3.8, 4) is 0 Å². The summed E-state index contributed by atoms with van der Waals surface area (Å²) in [6.07, 6.45) is -0.345. The van der Waals surface area contributed by atoms with Crippen molar-refractivity contribution < 1.29 is 23.4 Å². The van der Waals surface area contributed by atoms with Gasteiger partial charge in [-0.25, -0.2) is 8.78 Å². The highest BCUT2D eigenvalue weighted by atomic mass is 19.2. The molecule has 7 heteroatoms. The van der Waals surface area contributed by atoms with Gasteiger partial charge < -0.3 is 20.5 Å². The summed E-state index contributed by atoms with van der Waals surface area (Å²) in [6.45, 7) is 2.01. The van der Waals surface area contributed by atoms with Crippen molar-refractivity contribution in [3.05, 3.63) is 29.3 Å². The number of nitrogens with two attached hydrogens (primary N) is 1. The summed E-state index contributed by atoms with van der Waals surface area (Å²) in [5.74, 6) is -3.09. The number of carboxylic acids is 1. The van der Waals surface area contributed by atoms with Crippen molar-refractivity contribution in [2.24, 2.45) is 5.73 Å². The Morgan fingerprint density at radius 3 is 2.55 bits per heavy atom. The lowest BCUT2D eigenvalue weighted by atomic mass is 10.0. The fourth-order valence-electron chi connectivity index (χ4n) is 2.22. The first-order valence-corrected chi connectivity index (χ1v) is 6.28. The molecule has 2 rings (SSSR count). The van der Waals surface area contributed by atoms with E-state index >= 15 is 0 Å². The van der Waals surface area contributed by atoms with Crippen LogP contribution in [-0.2, 0) is 9.53 Å². The largest absolute Gasteiger partial charge is 0.481 e. The van der Waals surface area contributed by atoms with Crippen LogP contribution in [0.15, 0.2) is 12.1 Å². The minimum Gasteiger partial charge on any atom is -0.481 e. The lowest BCUT2D eigenvalue weighted by molar-refractivity contribution is -0.137. The Morgan fingerprint density at radius 2 is 1.95 bits per heavy atom. The number of carbonyl (C=O) groups is 1. The molecular weight excluding hydrogens is 270 g/mol. The van der Waals surface area contributed by atoms with Gasteiger partial charge in [0.25, 0.3) is 0 Å². The molecule has 1 fully saturated rings. The predicted octanol–water partition coefficient (Wildman–Crippen LogP) is 1.28. The van der Waals surface area contributed by atoms with Crippen LogP contribution in [-0.4, -0.2) is 37.4 Å². The molecule has 1 aliphatic heterocycles. The third kappa shape index (κ3) is 3.23. The summed E-state index contributed by atoms with van der Waals surface area (Å²) in [7, 11) is 0. The van der Waals surface area contributed by atoms with Gasteiger partial charge in [0.2, 0.25) is 0 Å². The Kier molecular flexibility index (Phi) is 4.51. The van der Waals surface area contributed by atoms with Gasteiger partial charge in [-0.05, 0) is 11.6 Å². The third-order valence-electron chi connectivity index (χ3n) is 3.22. The standard InChI is InChI=1S/C13H16F2N2O3/c14-9-5-8(11(16)7-13(18)19)12(6-10(9)15)17-1-3-20-4-2-17/h5-6,11H,1-4,7,16H2,(H,18,19). The average Bonchev–Trinajstić information content (AvgIpc) is 2.41. The van der Waals surface area contributed by atoms with Gasteiger partial charge in [0.05, 0.1) is 19.6 Å². The molecule has 1 saturated heterocycles. The summed E-state index contributed by atoms with van der Waals surface area (Å²) >= 11 is 0. The molecule has 1 aromatic carbocycles. The van der Waals surface area contributed by atoms with Crippen LogP contribution in [0.25, 0.3) is 0 Å². The maximum atomic E-state index is 13.5. The van der Waals surface area contributed by atoms with E-state index in [4.69, 9.17) is 15.6 Å². The van der Waals surface area contributed by atoms with Crippen LogP contribution in [0.4, 0.5) is 14.5 Å². The summed E-state index contributed by atoms with van der Waals surface area (Å²) in [4.78, 5) is 12.6. The van der Waals surface area contributed by atoms with Crippen LogP contribution in [0.2, 0.25) is 0 Å². The Morgan fingerprint density at radius 1 is 1.35 bits per heavy atom. The number of nitrogens with zero attached hydrogens (tertiary/aromatic N) is 1. The van der Waals surface area contributed by atoms with E-state index in [0.717, 1.165) is 12.1 Å². The number of carboxylic acid groups (broad SMARTS) is 1. The highest BCUT2D eigenvalue weighted by Gasteiger charge is 2.22. The van der Waals surface area contributed by atoms with E-state index in [0.29, 0.717) is 37.6 Å². The fourth-order valence-corrected chi connectivity index (χ4v) is 2.22. The summed E-state index contributed by atoms with van der Waals surface area (Å²) in [5.41, 5.74) is 6.53. The van der Waals surface area contributed by atoms with Crippen LogP contribution in [0.3, 0.4) is 0 Å². The Labute approximate surface area is 114 Å². The first-order chi connectivity index (χ1) is 9.49. The number of anilines is 1. The molecule has 0 saturated carbocycles. The first kappa shape index (κ1) is 14.7. The minimum atomic E-state index is -1.09. The molecule has 1 heterocycles. The Balaban J connectivity index is 2.36. The molecule has 0 aliphatic carbocycles. The number of aliphatic carboxylic acids is 1.